The summed E-state index contributed by atoms with van der Waals surface area (Å²) in [5.41, 5.74) is 0.906. The van der Waals surface area contributed by atoms with Gasteiger partial charge in [0.2, 0.25) is 5.78 Å². The molecule has 0 atom stereocenters. The predicted molar refractivity (Wildman–Crippen MR) is 61.5 cm³/mol. The Hall–Kier alpha value is -2.07. The van der Waals surface area contributed by atoms with Gasteiger partial charge in [-0.15, -0.1) is 0 Å². The van der Waals surface area contributed by atoms with Gasteiger partial charge in [-0.2, -0.15) is 0 Å². The molecule has 2 aromatic rings. The first kappa shape index (κ1) is 9.48. The van der Waals surface area contributed by atoms with Crippen molar-refractivity contribution >= 4 is 16.6 Å². The number of fused-ring (bicyclic) bond motifs is 1. The standard InChI is InChI=1S/C14H10O/c1-11(15)9-10-13-7-4-6-12-5-2-3-8-14(12)13/h2-8H,1H3. The second-order valence-electron chi connectivity index (χ2n) is 3.33. The van der Waals surface area contributed by atoms with Crippen molar-refractivity contribution in [3.05, 3.63) is 48.0 Å². The molecule has 2 aromatic carbocycles. The SMILES string of the molecule is CC(=O)C#Cc1cccc2ccccc12. The van der Waals surface area contributed by atoms with Crippen LogP contribution in [-0.2, 0) is 4.79 Å². The lowest BCUT2D eigenvalue weighted by Crippen LogP contribution is -1.83. The maximum absolute atomic E-state index is 10.8. The Morgan fingerprint density at radius 2 is 1.80 bits per heavy atom. The monoisotopic (exact) mass is 194 g/mol. The van der Waals surface area contributed by atoms with Crippen LogP contribution in [0.2, 0.25) is 0 Å². The topological polar surface area (TPSA) is 17.1 Å². The fraction of sp³-hybridized carbons (Fsp3) is 0.0714. The second-order valence-corrected chi connectivity index (χ2v) is 3.33. The molecule has 0 saturated carbocycles. The smallest absolute Gasteiger partial charge is 0.202 e. The van der Waals surface area contributed by atoms with Gasteiger partial charge in [0.15, 0.2) is 0 Å². The average Bonchev–Trinajstić information content (AvgIpc) is 2.26. The summed E-state index contributed by atoms with van der Waals surface area (Å²) in [6, 6.07) is 13.9. The molecular formula is C14H10O. The molecule has 0 bridgehead atoms. The first-order valence-corrected chi connectivity index (χ1v) is 4.78. The number of hydrogen-bond donors (Lipinski definition) is 0. The summed E-state index contributed by atoms with van der Waals surface area (Å²) in [4.78, 5) is 10.8. The van der Waals surface area contributed by atoms with Crippen molar-refractivity contribution in [2.45, 2.75) is 6.92 Å². The maximum Gasteiger partial charge on any atom is 0.202 e. The zero-order valence-electron chi connectivity index (χ0n) is 8.45. The molecule has 0 N–H and O–H groups in total. The lowest BCUT2D eigenvalue weighted by molar-refractivity contribution is -0.111. The molecule has 0 radical (unpaired) electrons. The molecule has 0 aliphatic heterocycles. The number of ketones is 1. The highest BCUT2D eigenvalue weighted by molar-refractivity contribution is 5.95. The van der Waals surface area contributed by atoms with E-state index in [1.165, 1.54) is 6.92 Å². The number of carbonyl (C=O) groups excluding carboxylic acids is 1. The number of hydrogen-bond acceptors (Lipinski definition) is 1. The summed E-state index contributed by atoms with van der Waals surface area (Å²) in [5, 5.41) is 2.24. The summed E-state index contributed by atoms with van der Waals surface area (Å²) < 4.78 is 0. The van der Waals surface area contributed by atoms with Crippen molar-refractivity contribution in [3.63, 3.8) is 0 Å². The molecule has 2 rings (SSSR count). The fourth-order valence-electron chi connectivity index (χ4n) is 1.49. The summed E-state index contributed by atoms with van der Waals surface area (Å²) in [6.45, 7) is 1.47. The predicted octanol–water partition coefficient (Wildman–Crippen LogP) is 2.78. The first-order valence-electron chi connectivity index (χ1n) is 4.78. The minimum absolute atomic E-state index is 0.108. The number of benzene rings is 2. The van der Waals surface area contributed by atoms with E-state index in [9.17, 15) is 4.79 Å². The maximum atomic E-state index is 10.8. The quantitative estimate of drug-likeness (QED) is 0.589. The average molecular weight is 194 g/mol. The molecule has 1 heteroatoms. The highest BCUT2D eigenvalue weighted by Gasteiger charge is 1.95. The Balaban J connectivity index is 2.63. The van der Waals surface area contributed by atoms with Crippen LogP contribution in [0.15, 0.2) is 42.5 Å². The summed E-state index contributed by atoms with van der Waals surface area (Å²) in [6.07, 6.45) is 0. The Bertz CT molecular complexity index is 565. The third kappa shape index (κ3) is 2.05. The van der Waals surface area contributed by atoms with Crippen LogP contribution in [0.25, 0.3) is 10.8 Å². The van der Waals surface area contributed by atoms with Gasteiger partial charge in [-0.3, -0.25) is 4.79 Å². The Morgan fingerprint density at radius 1 is 1.07 bits per heavy atom. The lowest BCUT2D eigenvalue weighted by Gasteiger charge is -1.98. The molecule has 0 saturated heterocycles. The number of Topliss-reactive ketones (excluding diaryl/α,β-unsaturated/α-hetero) is 1. The van der Waals surface area contributed by atoms with Crippen LogP contribution >= 0.6 is 0 Å². The van der Waals surface area contributed by atoms with Gasteiger partial charge in [0, 0.05) is 12.5 Å². The molecule has 0 fully saturated rings. The van der Waals surface area contributed by atoms with Gasteiger partial charge < -0.3 is 0 Å². The molecule has 0 aromatic heterocycles. The molecule has 0 heterocycles. The van der Waals surface area contributed by atoms with E-state index in [1.807, 2.05) is 42.5 Å². The fourth-order valence-corrected chi connectivity index (χ4v) is 1.49. The van der Waals surface area contributed by atoms with Gasteiger partial charge in [-0.25, -0.2) is 0 Å². The van der Waals surface area contributed by atoms with Gasteiger partial charge in [-0.1, -0.05) is 42.3 Å². The van der Waals surface area contributed by atoms with Crippen molar-refractivity contribution in [2.24, 2.45) is 0 Å². The summed E-state index contributed by atoms with van der Waals surface area (Å²) in [7, 11) is 0. The molecule has 0 amide bonds. The van der Waals surface area contributed by atoms with Crippen LogP contribution < -0.4 is 0 Å². The van der Waals surface area contributed by atoms with Crippen LogP contribution in [0.1, 0.15) is 12.5 Å². The van der Waals surface area contributed by atoms with Crippen molar-refractivity contribution in [3.8, 4) is 11.8 Å². The van der Waals surface area contributed by atoms with E-state index in [0.717, 1.165) is 16.3 Å². The number of carbonyl (C=O) groups is 1. The minimum atomic E-state index is -0.108. The van der Waals surface area contributed by atoms with E-state index < -0.39 is 0 Å². The summed E-state index contributed by atoms with van der Waals surface area (Å²) in [5.74, 6) is 5.34. The van der Waals surface area contributed by atoms with Gasteiger partial charge in [0.1, 0.15) is 0 Å². The zero-order chi connectivity index (χ0) is 10.7. The zero-order valence-corrected chi connectivity index (χ0v) is 8.45. The lowest BCUT2D eigenvalue weighted by atomic mass is 10.1. The van der Waals surface area contributed by atoms with Crippen LogP contribution in [0, 0.1) is 11.8 Å². The van der Waals surface area contributed by atoms with Gasteiger partial charge in [0.25, 0.3) is 0 Å². The minimum Gasteiger partial charge on any atom is -0.285 e. The van der Waals surface area contributed by atoms with Crippen LogP contribution in [0.4, 0.5) is 0 Å². The van der Waals surface area contributed by atoms with Crippen molar-refractivity contribution in [1.29, 1.82) is 0 Å². The van der Waals surface area contributed by atoms with Crippen LogP contribution in [0.3, 0.4) is 0 Å². The molecule has 15 heavy (non-hydrogen) atoms. The highest BCUT2D eigenvalue weighted by atomic mass is 16.1. The molecule has 0 spiro atoms. The van der Waals surface area contributed by atoms with Crippen LogP contribution in [0.5, 0.6) is 0 Å². The summed E-state index contributed by atoms with van der Waals surface area (Å²) >= 11 is 0. The normalized spacial score (nSPS) is 9.40. The van der Waals surface area contributed by atoms with Crippen LogP contribution in [-0.4, -0.2) is 5.78 Å². The van der Waals surface area contributed by atoms with Crippen molar-refractivity contribution in [1.82, 2.24) is 0 Å². The van der Waals surface area contributed by atoms with Crippen molar-refractivity contribution < 1.29 is 4.79 Å². The van der Waals surface area contributed by atoms with E-state index in [-0.39, 0.29) is 5.78 Å². The molecule has 0 aliphatic carbocycles. The Kier molecular flexibility index (Phi) is 2.51. The van der Waals surface area contributed by atoms with Gasteiger partial charge in [-0.05, 0) is 22.8 Å². The van der Waals surface area contributed by atoms with Gasteiger partial charge >= 0.3 is 0 Å². The van der Waals surface area contributed by atoms with Gasteiger partial charge in [0.05, 0.1) is 0 Å². The van der Waals surface area contributed by atoms with E-state index >= 15 is 0 Å². The Labute approximate surface area is 88.7 Å². The first-order chi connectivity index (χ1) is 7.27. The van der Waals surface area contributed by atoms with E-state index in [4.69, 9.17) is 0 Å². The highest BCUT2D eigenvalue weighted by Crippen LogP contribution is 2.17. The van der Waals surface area contributed by atoms with E-state index in [0.29, 0.717) is 0 Å². The largest absolute Gasteiger partial charge is 0.285 e. The molecular weight excluding hydrogens is 184 g/mol. The molecule has 1 nitrogen and oxygen atoms in total. The second kappa shape index (κ2) is 3.98. The third-order valence-corrected chi connectivity index (χ3v) is 2.16. The number of rotatable bonds is 0. The Morgan fingerprint density at radius 3 is 2.60 bits per heavy atom. The van der Waals surface area contributed by atoms with Crippen molar-refractivity contribution in [2.75, 3.05) is 0 Å². The molecule has 0 aliphatic rings. The molecule has 72 valence electrons. The van der Waals surface area contributed by atoms with E-state index in [1.54, 1.807) is 0 Å². The molecule has 0 unspecified atom stereocenters. The third-order valence-electron chi connectivity index (χ3n) is 2.16. The van der Waals surface area contributed by atoms with E-state index in [2.05, 4.69) is 11.8 Å².